The van der Waals surface area contributed by atoms with Crippen LogP contribution in [0.2, 0.25) is 0 Å². The van der Waals surface area contributed by atoms with Gasteiger partial charge in [-0.1, -0.05) is 6.92 Å². The Bertz CT molecular complexity index is 102. The van der Waals surface area contributed by atoms with E-state index in [2.05, 4.69) is 0 Å². The first kappa shape index (κ1) is 6.88. The molecule has 0 aromatic rings. The lowest BCUT2D eigenvalue weighted by atomic mass is 10.6. The van der Waals surface area contributed by atoms with Crippen LogP contribution < -0.4 is 0 Å². The first-order valence-corrected chi connectivity index (χ1v) is 3.20. The minimum absolute atomic E-state index is 0.0543. The molecule has 44 valence electrons. The Balaban J connectivity index is 3.57. The quantitative estimate of drug-likeness (QED) is 0.540. The third-order valence-electron chi connectivity index (χ3n) is 0.566. The molecule has 0 spiro atoms. The van der Waals surface area contributed by atoms with Crippen molar-refractivity contribution in [2.75, 3.05) is 0 Å². The zero-order valence-electron chi connectivity index (χ0n) is 3.93. The number of rotatable bonds is 2. The molecular formula is C3H7FO2S. The van der Waals surface area contributed by atoms with Crippen molar-refractivity contribution >= 4 is 10.7 Å². The smallest absolute Gasteiger partial charge is 0.198 e. The molecule has 0 fully saturated rings. The first-order chi connectivity index (χ1) is 3.18. The molecule has 1 atom stereocenters. The summed E-state index contributed by atoms with van der Waals surface area (Å²) in [7, 11) is -2.83. The van der Waals surface area contributed by atoms with Crippen LogP contribution in [0.3, 0.4) is 0 Å². The number of hydrogen-bond acceptors (Lipinski definition) is 2. The summed E-state index contributed by atoms with van der Waals surface area (Å²) >= 11 is 0. The van der Waals surface area contributed by atoms with Crippen molar-refractivity contribution in [3.63, 3.8) is 0 Å². The maximum Gasteiger partial charge on any atom is 0.198 e. The molecule has 0 aliphatic carbocycles. The molecule has 0 aliphatic rings. The summed E-state index contributed by atoms with van der Waals surface area (Å²) in [5.41, 5.74) is -1.64. The molecule has 4 heteroatoms. The maximum absolute atomic E-state index is 11.7. The predicted octanol–water partition coefficient (Wildman–Crippen LogP) is 0.303. The van der Waals surface area contributed by atoms with E-state index >= 15 is 0 Å². The molecule has 2 nitrogen and oxygen atoms in total. The Morgan fingerprint density at radius 1 is 1.71 bits per heavy atom. The van der Waals surface area contributed by atoms with E-state index in [0.29, 0.717) is 0 Å². The van der Waals surface area contributed by atoms with Gasteiger partial charge in [-0.2, -0.15) is 0 Å². The minimum Gasteiger partial charge on any atom is -0.230 e. The van der Waals surface area contributed by atoms with Crippen molar-refractivity contribution in [1.82, 2.24) is 0 Å². The number of alkyl halides is 1. The maximum atomic E-state index is 11.7. The second-order valence-corrected chi connectivity index (χ2v) is 2.26. The second kappa shape index (κ2) is 2.96. The molecule has 0 aliphatic heterocycles. The molecule has 1 unspecified atom stereocenters. The SMILES string of the molecule is CCC(F)[SH](=O)=O. The zero-order chi connectivity index (χ0) is 5.86. The molecule has 0 bridgehead atoms. The average Bonchev–Trinajstić information content (AvgIpc) is 1.65. The van der Waals surface area contributed by atoms with Gasteiger partial charge in [-0.05, 0) is 6.42 Å². The van der Waals surface area contributed by atoms with Gasteiger partial charge < -0.3 is 0 Å². The molecule has 0 heterocycles. The van der Waals surface area contributed by atoms with E-state index in [-0.39, 0.29) is 6.42 Å². The van der Waals surface area contributed by atoms with Crippen LogP contribution >= 0.6 is 0 Å². The van der Waals surface area contributed by atoms with Crippen molar-refractivity contribution in [3.8, 4) is 0 Å². The van der Waals surface area contributed by atoms with Crippen LogP contribution in [0.15, 0.2) is 0 Å². The minimum atomic E-state index is -2.83. The largest absolute Gasteiger partial charge is 0.230 e. The fourth-order valence-corrected chi connectivity index (χ4v) is 0.447. The van der Waals surface area contributed by atoms with Crippen LogP contribution in [-0.4, -0.2) is 13.9 Å². The van der Waals surface area contributed by atoms with E-state index in [1.165, 1.54) is 6.92 Å². The first-order valence-electron chi connectivity index (χ1n) is 1.96. The molecule has 0 radical (unpaired) electrons. The summed E-state index contributed by atoms with van der Waals surface area (Å²) in [4.78, 5) is 0. The summed E-state index contributed by atoms with van der Waals surface area (Å²) in [6.45, 7) is 1.48. The lowest BCUT2D eigenvalue weighted by Crippen LogP contribution is -1.97. The molecule has 0 saturated heterocycles. The van der Waals surface area contributed by atoms with E-state index in [9.17, 15) is 12.8 Å². The normalized spacial score (nSPS) is 14.7. The van der Waals surface area contributed by atoms with Crippen LogP contribution in [0.1, 0.15) is 13.3 Å². The van der Waals surface area contributed by atoms with Crippen molar-refractivity contribution in [1.29, 1.82) is 0 Å². The molecule has 0 rings (SSSR count). The Morgan fingerprint density at radius 2 is 2.14 bits per heavy atom. The Kier molecular flexibility index (Phi) is 2.91. The Hall–Kier alpha value is -0.120. The van der Waals surface area contributed by atoms with Crippen molar-refractivity contribution in [2.24, 2.45) is 0 Å². The molecule has 0 amide bonds. The van der Waals surface area contributed by atoms with E-state index in [4.69, 9.17) is 0 Å². The topological polar surface area (TPSA) is 34.1 Å². The van der Waals surface area contributed by atoms with Crippen molar-refractivity contribution < 1.29 is 12.8 Å². The van der Waals surface area contributed by atoms with Gasteiger partial charge in [0.15, 0.2) is 16.2 Å². The molecule has 0 aromatic heterocycles. The van der Waals surface area contributed by atoms with E-state index in [1.807, 2.05) is 0 Å². The molecule has 0 saturated carbocycles. The molecular weight excluding hydrogens is 119 g/mol. The number of halogens is 1. The lowest BCUT2D eigenvalue weighted by Gasteiger charge is -1.87. The average molecular weight is 126 g/mol. The van der Waals surface area contributed by atoms with E-state index in [1.54, 1.807) is 0 Å². The predicted molar refractivity (Wildman–Crippen MR) is 25.5 cm³/mol. The van der Waals surface area contributed by atoms with Gasteiger partial charge in [-0.15, -0.1) is 0 Å². The third kappa shape index (κ3) is 2.56. The highest BCUT2D eigenvalue weighted by Crippen LogP contribution is 1.94. The van der Waals surface area contributed by atoms with Crippen molar-refractivity contribution in [2.45, 2.75) is 18.8 Å². The summed E-state index contributed by atoms with van der Waals surface area (Å²) < 4.78 is 30.8. The fraction of sp³-hybridized carbons (Fsp3) is 1.00. The third-order valence-corrected chi connectivity index (χ3v) is 1.39. The van der Waals surface area contributed by atoms with Crippen LogP contribution in [0, 0.1) is 0 Å². The summed E-state index contributed by atoms with van der Waals surface area (Å²) in [5.74, 6) is 0. The van der Waals surface area contributed by atoms with E-state index < -0.39 is 16.2 Å². The molecule has 0 N–H and O–H groups in total. The fourth-order valence-electron chi connectivity index (χ4n) is 0.149. The van der Waals surface area contributed by atoms with E-state index in [0.717, 1.165) is 0 Å². The molecule has 7 heavy (non-hydrogen) atoms. The van der Waals surface area contributed by atoms with Crippen LogP contribution in [-0.2, 0) is 10.7 Å². The van der Waals surface area contributed by atoms with Gasteiger partial charge in [0, 0.05) is 0 Å². The van der Waals surface area contributed by atoms with Gasteiger partial charge in [-0.25, -0.2) is 12.8 Å². The second-order valence-electron chi connectivity index (χ2n) is 1.13. The summed E-state index contributed by atoms with van der Waals surface area (Å²) in [6.07, 6.45) is 0.0543. The van der Waals surface area contributed by atoms with Gasteiger partial charge in [0.2, 0.25) is 0 Å². The van der Waals surface area contributed by atoms with Crippen LogP contribution in [0.5, 0.6) is 0 Å². The van der Waals surface area contributed by atoms with Gasteiger partial charge in [-0.3, -0.25) is 0 Å². The van der Waals surface area contributed by atoms with Gasteiger partial charge in [0.05, 0.1) is 0 Å². The highest BCUT2D eigenvalue weighted by atomic mass is 32.2. The highest BCUT2D eigenvalue weighted by molar-refractivity contribution is 7.72. The monoisotopic (exact) mass is 126 g/mol. The number of hydrogen-bond donors (Lipinski definition) is 1. The van der Waals surface area contributed by atoms with Crippen LogP contribution in [0.4, 0.5) is 4.39 Å². The highest BCUT2D eigenvalue weighted by Gasteiger charge is 2.01. The summed E-state index contributed by atoms with van der Waals surface area (Å²) in [5, 5.41) is 0. The summed E-state index contributed by atoms with van der Waals surface area (Å²) in [6, 6.07) is 0. The van der Waals surface area contributed by atoms with Crippen molar-refractivity contribution in [3.05, 3.63) is 0 Å². The van der Waals surface area contributed by atoms with Gasteiger partial charge in [0.1, 0.15) is 0 Å². The van der Waals surface area contributed by atoms with Gasteiger partial charge >= 0.3 is 0 Å². The van der Waals surface area contributed by atoms with Gasteiger partial charge in [0.25, 0.3) is 0 Å². The lowest BCUT2D eigenvalue weighted by molar-refractivity contribution is 0.419. The molecule has 0 aromatic carbocycles. The number of thiol groups is 1. The Labute approximate surface area is 43.3 Å². The Morgan fingerprint density at radius 3 is 2.14 bits per heavy atom. The zero-order valence-corrected chi connectivity index (χ0v) is 4.82. The standard InChI is InChI=1S/C3H7FO2S/c1-2-3(4)7(5)6/h3,7H,2H2,1H3. The van der Waals surface area contributed by atoms with Crippen LogP contribution in [0.25, 0.3) is 0 Å².